The summed E-state index contributed by atoms with van der Waals surface area (Å²) >= 11 is 0. The maximum absolute atomic E-state index is 11.6. The second kappa shape index (κ2) is 4.10. The summed E-state index contributed by atoms with van der Waals surface area (Å²) in [6.45, 7) is 2.03. The molecule has 1 atom stereocenters. The van der Waals surface area contributed by atoms with Gasteiger partial charge in [-0.05, 0) is 19.1 Å². The first kappa shape index (κ1) is 9.81. The van der Waals surface area contributed by atoms with Crippen LogP contribution in [-0.4, -0.2) is 16.7 Å². The molecule has 0 saturated carbocycles. The maximum Gasteiger partial charge on any atom is 0.258 e. The average Bonchev–Trinajstić information content (AvgIpc) is 2.04. The third kappa shape index (κ3) is 2.35. The topological polar surface area (TPSA) is 17.1 Å². The van der Waals surface area contributed by atoms with Crippen LogP contribution in [0.3, 0.4) is 0 Å². The normalized spacial score (nSPS) is 13.3. The van der Waals surface area contributed by atoms with Gasteiger partial charge in [0.15, 0.2) is 0 Å². The van der Waals surface area contributed by atoms with E-state index < -0.39 is 9.83 Å². The Morgan fingerprint density at radius 1 is 1.17 bits per heavy atom. The fraction of sp³-hybridized carbons (Fsp3) is 0.333. The minimum Gasteiger partial charge on any atom is -0.199 e. The van der Waals surface area contributed by atoms with Gasteiger partial charge >= 0.3 is 0 Å². The van der Waals surface area contributed by atoms with Crippen molar-refractivity contribution in [3.63, 3.8) is 0 Å². The molecule has 0 saturated heterocycles. The monoisotopic (exact) mass is 201 g/mol. The van der Waals surface area contributed by atoms with E-state index in [1.807, 2.05) is 43.7 Å². The molecule has 0 amide bonds. The van der Waals surface area contributed by atoms with Gasteiger partial charge < -0.3 is 0 Å². The van der Waals surface area contributed by atoms with Gasteiger partial charge in [-0.3, -0.25) is 0 Å². The van der Waals surface area contributed by atoms with Crippen LogP contribution < -0.4 is 0 Å². The van der Waals surface area contributed by atoms with Gasteiger partial charge in [0.25, 0.3) is 9.83 Å². The quantitative estimate of drug-likeness (QED) is 0.527. The Hall–Kier alpha value is -0.280. The largest absolute Gasteiger partial charge is 0.258 e. The van der Waals surface area contributed by atoms with Crippen LogP contribution in [0.25, 0.3) is 0 Å². The van der Waals surface area contributed by atoms with E-state index in [1.165, 1.54) is 5.56 Å². The van der Waals surface area contributed by atoms with Gasteiger partial charge in [-0.1, -0.05) is 17.7 Å². The Bertz CT molecular complexity index is 277. The Morgan fingerprint density at radius 3 is 2.08 bits per heavy atom. The molecule has 3 heteroatoms. The van der Waals surface area contributed by atoms with E-state index in [2.05, 4.69) is 0 Å². The standard InChI is InChI=1S/C9H13OS2/c1-8-4-6-9(7-5-8)12(10)11(2)3/h4-7H,1-3H3/q+1. The first-order valence-corrected chi connectivity index (χ1v) is 7.38. The molecule has 0 N–H and O–H groups in total. The zero-order valence-corrected chi connectivity index (χ0v) is 9.17. The van der Waals surface area contributed by atoms with E-state index in [1.54, 1.807) is 0 Å². The predicted octanol–water partition coefficient (Wildman–Crippen LogP) is 1.90. The first-order valence-electron chi connectivity index (χ1n) is 3.68. The molecule has 66 valence electrons. The van der Waals surface area contributed by atoms with E-state index in [0.29, 0.717) is 0 Å². The molecule has 0 spiro atoms. The van der Waals surface area contributed by atoms with Crippen molar-refractivity contribution in [2.45, 2.75) is 11.8 Å². The molecule has 1 unspecified atom stereocenters. The Morgan fingerprint density at radius 2 is 1.67 bits per heavy atom. The van der Waals surface area contributed by atoms with Crippen molar-refractivity contribution in [1.29, 1.82) is 0 Å². The molecule has 0 heterocycles. The van der Waals surface area contributed by atoms with Crippen LogP contribution in [-0.2, 0) is 19.8 Å². The number of hydrogen-bond donors (Lipinski definition) is 0. The maximum atomic E-state index is 11.6. The van der Waals surface area contributed by atoms with Crippen molar-refractivity contribution in [3.8, 4) is 0 Å². The van der Waals surface area contributed by atoms with E-state index >= 15 is 0 Å². The first-order chi connectivity index (χ1) is 5.61. The van der Waals surface area contributed by atoms with E-state index in [4.69, 9.17) is 0 Å². The van der Waals surface area contributed by atoms with Gasteiger partial charge in [0, 0.05) is 0 Å². The molecule has 1 nitrogen and oxygen atoms in total. The minimum absolute atomic E-state index is 0.0457. The molecule has 0 fully saturated rings. The number of hydrogen-bond acceptors (Lipinski definition) is 1. The molecule has 1 aromatic carbocycles. The van der Waals surface area contributed by atoms with Gasteiger partial charge in [0.2, 0.25) is 0 Å². The lowest BCUT2D eigenvalue weighted by Crippen LogP contribution is -2.04. The summed E-state index contributed by atoms with van der Waals surface area (Å²) in [6.07, 6.45) is 3.99. The van der Waals surface area contributed by atoms with Crippen LogP contribution >= 0.6 is 0 Å². The summed E-state index contributed by atoms with van der Waals surface area (Å²) < 4.78 is 11.6. The molecule has 12 heavy (non-hydrogen) atoms. The molecule has 0 aliphatic heterocycles. The predicted molar refractivity (Wildman–Crippen MR) is 56.8 cm³/mol. The number of benzene rings is 1. The minimum atomic E-state index is -0.816. The molecule has 0 aliphatic carbocycles. The summed E-state index contributed by atoms with van der Waals surface area (Å²) in [6, 6.07) is 7.89. The van der Waals surface area contributed by atoms with Gasteiger partial charge in [-0.15, -0.1) is 0 Å². The molecular weight excluding hydrogens is 188 g/mol. The molecule has 0 aliphatic rings. The zero-order chi connectivity index (χ0) is 9.14. The van der Waals surface area contributed by atoms with E-state index in [9.17, 15) is 4.21 Å². The van der Waals surface area contributed by atoms with Gasteiger partial charge in [0.1, 0.15) is 12.5 Å². The third-order valence-corrected chi connectivity index (χ3v) is 5.17. The van der Waals surface area contributed by atoms with Crippen molar-refractivity contribution in [1.82, 2.24) is 0 Å². The lowest BCUT2D eigenvalue weighted by molar-refractivity contribution is 0.691. The van der Waals surface area contributed by atoms with Gasteiger partial charge in [-0.2, -0.15) is 4.21 Å². The van der Waals surface area contributed by atoms with Crippen LogP contribution in [0.5, 0.6) is 0 Å². The highest BCUT2D eigenvalue weighted by molar-refractivity contribution is 8.66. The van der Waals surface area contributed by atoms with Crippen LogP contribution in [0.15, 0.2) is 29.2 Å². The third-order valence-electron chi connectivity index (χ3n) is 1.52. The van der Waals surface area contributed by atoms with Crippen LogP contribution in [0.4, 0.5) is 0 Å². The fourth-order valence-electron chi connectivity index (χ4n) is 0.842. The molecule has 0 radical (unpaired) electrons. The number of aryl methyl sites for hydroxylation is 1. The lowest BCUT2D eigenvalue weighted by atomic mass is 10.2. The SMILES string of the molecule is Cc1ccc(S(=O)[S+](C)C)cc1. The Kier molecular flexibility index (Phi) is 3.35. The Balaban J connectivity index is 2.90. The number of rotatable bonds is 2. The van der Waals surface area contributed by atoms with Crippen molar-refractivity contribution in [3.05, 3.63) is 29.8 Å². The van der Waals surface area contributed by atoms with Gasteiger partial charge in [0.05, 0.1) is 14.8 Å². The van der Waals surface area contributed by atoms with E-state index in [0.717, 1.165) is 4.90 Å². The lowest BCUT2D eigenvalue weighted by Gasteiger charge is -1.97. The highest BCUT2D eigenvalue weighted by Crippen LogP contribution is 2.12. The highest BCUT2D eigenvalue weighted by atomic mass is 33.2. The van der Waals surface area contributed by atoms with Crippen molar-refractivity contribution in [2.24, 2.45) is 0 Å². The smallest absolute Gasteiger partial charge is 0.199 e. The molecule has 1 rings (SSSR count). The zero-order valence-electron chi connectivity index (χ0n) is 7.53. The fourth-order valence-corrected chi connectivity index (χ4v) is 3.07. The molecular formula is C9H13OS2+. The summed E-state index contributed by atoms with van der Waals surface area (Å²) in [7, 11) is -0.861. The summed E-state index contributed by atoms with van der Waals surface area (Å²) in [4.78, 5) is 0.939. The van der Waals surface area contributed by atoms with Crippen molar-refractivity contribution >= 4 is 19.8 Å². The average molecular weight is 201 g/mol. The van der Waals surface area contributed by atoms with E-state index in [-0.39, 0.29) is 9.93 Å². The van der Waals surface area contributed by atoms with Crippen molar-refractivity contribution < 1.29 is 4.21 Å². The summed E-state index contributed by atoms with van der Waals surface area (Å²) in [5, 5.41) is 0. The highest BCUT2D eigenvalue weighted by Gasteiger charge is 2.16. The second-order valence-corrected chi connectivity index (χ2v) is 8.12. The summed E-state index contributed by atoms with van der Waals surface area (Å²) in [5.41, 5.74) is 1.21. The van der Waals surface area contributed by atoms with Crippen LogP contribution in [0.1, 0.15) is 5.56 Å². The van der Waals surface area contributed by atoms with Crippen molar-refractivity contribution in [2.75, 3.05) is 12.5 Å². The van der Waals surface area contributed by atoms with Gasteiger partial charge in [-0.25, -0.2) is 0 Å². The second-order valence-electron chi connectivity index (χ2n) is 2.79. The van der Waals surface area contributed by atoms with Crippen LogP contribution in [0, 0.1) is 6.92 Å². The molecule has 0 bridgehead atoms. The molecule has 0 aromatic heterocycles. The van der Waals surface area contributed by atoms with Crippen LogP contribution in [0.2, 0.25) is 0 Å². The Labute approximate surface area is 78.4 Å². The molecule has 1 aromatic rings. The summed E-state index contributed by atoms with van der Waals surface area (Å²) in [5.74, 6) is 0.